The van der Waals surface area contributed by atoms with E-state index < -0.39 is 21.9 Å². The minimum absolute atomic E-state index is 0.00170. The quantitative estimate of drug-likeness (QED) is 0.469. The average molecular weight is 532 g/mol. The first-order chi connectivity index (χ1) is 15.9. The molecule has 0 saturated carbocycles. The third-order valence-corrected chi connectivity index (χ3v) is 7.06. The van der Waals surface area contributed by atoms with Gasteiger partial charge in [0.2, 0.25) is 21.8 Å². The van der Waals surface area contributed by atoms with Crippen LogP contribution in [0, 0.1) is 5.82 Å². The van der Waals surface area contributed by atoms with Gasteiger partial charge in [0.15, 0.2) is 0 Å². The standard InChI is InChI=1S/C23H28Cl2FN3O4S/c1-4-27-23(31)16(2)28(15-17-7-12-20(24)21(25)14-17)22(30)6-5-13-29(34(3,32)33)19-10-8-18(26)9-11-19/h7-12,14,16H,4-6,13,15H2,1-3H3,(H,27,31)/t16-/m1/s1. The van der Waals surface area contributed by atoms with Crippen molar-refractivity contribution < 1.29 is 22.4 Å². The molecule has 2 rings (SSSR count). The number of likely N-dealkylation sites (N-methyl/N-ethyl adjacent to an activating group) is 1. The molecule has 2 aromatic carbocycles. The maximum atomic E-state index is 13.2. The first-order valence-corrected chi connectivity index (χ1v) is 13.3. The first kappa shape index (κ1) is 27.9. The summed E-state index contributed by atoms with van der Waals surface area (Å²) in [6.07, 6.45) is 1.24. The fraction of sp³-hybridized carbons (Fsp3) is 0.391. The average Bonchev–Trinajstić information content (AvgIpc) is 2.77. The van der Waals surface area contributed by atoms with E-state index in [1.165, 1.54) is 29.2 Å². The van der Waals surface area contributed by atoms with Gasteiger partial charge in [-0.3, -0.25) is 13.9 Å². The molecule has 11 heteroatoms. The Morgan fingerprint density at radius 1 is 1.09 bits per heavy atom. The van der Waals surface area contributed by atoms with Crippen LogP contribution in [0.2, 0.25) is 10.0 Å². The molecule has 0 aliphatic rings. The third kappa shape index (κ3) is 7.85. The highest BCUT2D eigenvalue weighted by Gasteiger charge is 2.26. The number of anilines is 1. The molecular formula is C23H28Cl2FN3O4S. The molecule has 0 fully saturated rings. The van der Waals surface area contributed by atoms with E-state index in [2.05, 4.69) is 5.32 Å². The Hall–Kier alpha value is -2.36. The van der Waals surface area contributed by atoms with Crippen molar-refractivity contribution in [3.8, 4) is 0 Å². The number of rotatable bonds is 11. The van der Waals surface area contributed by atoms with Gasteiger partial charge in [0.05, 0.1) is 22.0 Å². The summed E-state index contributed by atoms with van der Waals surface area (Å²) in [5, 5.41) is 3.42. The second-order valence-corrected chi connectivity index (χ2v) is 10.5. The van der Waals surface area contributed by atoms with E-state index >= 15 is 0 Å². The van der Waals surface area contributed by atoms with E-state index in [-0.39, 0.29) is 37.7 Å². The Kier molecular flexibility index (Phi) is 10.1. The molecule has 0 aromatic heterocycles. The van der Waals surface area contributed by atoms with Crippen LogP contribution in [0.1, 0.15) is 32.3 Å². The maximum absolute atomic E-state index is 13.2. The van der Waals surface area contributed by atoms with Gasteiger partial charge in [0.1, 0.15) is 11.9 Å². The highest BCUT2D eigenvalue weighted by molar-refractivity contribution is 7.92. The summed E-state index contributed by atoms with van der Waals surface area (Å²) in [4.78, 5) is 27.0. The second-order valence-electron chi connectivity index (χ2n) is 7.76. The minimum atomic E-state index is -3.65. The summed E-state index contributed by atoms with van der Waals surface area (Å²) < 4.78 is 38.9. The van der Waals surface area contributed by atoms with Crippen LogP contribution in [0.15, 0.2) is 42.5 Å². The molecule has 2 amide bonds. The maximum Gasteiger partial charge on any atom is 0.242 e. The van der Waals surface area contributed by atoms with Gasteiger partial charge in [0, 0.05) is 26.1 Å². The summed E-state index contributed by atoms with van der Waals surface area (Å²) >= 11 is 12.1. The number of carbonyl (C=O) groups excluding carboxylic acids is 2. The van der Waals surface area contributed by atoms with Gasteiger partial charge in [-0.05, 0) is 62.2 Å². The van der Waals surface area contributed by atoms with Crippen molar-refractivity contribution in [1.82, 2.24) is 10.2 Å². The number of amides is 2. The normalized spacial score (nSPS) is 12.2. The zero-order valence-electron chi connectivity index (χ0n) is 19.2. The van der Waals surface area contributed by atoms with Crippen molar-refractivity contribution in [2.24, 2.45) is 0 Å². The molecule has 1 atom stereocenters. The topological polar surface area (TPSA) is 86.8 Å². The fourth-order valence-electron chi connectivity index (χ4n) is 3.35. The summed E-state index contributed by atoms with van der Waals surface area (Å²) in [5.41, 5.74) is 1.00. The van der Waals surface area contributed by atoms with Crippen LogP contribution < -0.4 is 9.62 Å². The van der Waals surface area contributed by atoms with Gasteiger partial charge in [-0.15, -0.1) is 0 Å². The molecule has 2 aromatic rings. The predicted octanol–water partition coefficient (Wildman–Crippen LogP) is 4.23. The van der Waals surface area contributed by atoms with Crippen LogP contribution in [-0.4, -0.2) is 50.5 Å². The summed E-state index contributed by atoms with van der Waals surface area (Å²) in [6.45, 7) is 3.97. The molecule has 0 spiro atoms. The molecule has 0 radical (unpaired) electrons. The molecule has 34 heavy (non-hydrogen) atoms. The molecule has 0 aliphatic heterocycles. The predicted molar refractivity (Wildman–Crippen MR) is 133 cm³/mol. The van der Waals surface area contributed by atoms with Crippen LogP contribution in [0.3, 0.4) is 0 Å². The monoisotopic (exact) mass is 531 g/mol. The van der Waals surface area contributed by atoms with E-state index in [9.17, 15) is 22.4 Å². The van der Waals surface area contributed by atoms with Crippen molar-refractivity contribution in [1.29, 1.82) is 0 Å². The van der Waals surface area contributed by atoms with Crippen LogP contribution in [0.5, 0.6) is 0 Å². The molecule has 7 nitrogen and oxygen atoms in total. The van der Waals surface area contributed by atoms with E-state index in [1.54, 1.807) is 32.0 Å². The first-order valence-electron chi connectivity index (χ1n) is 10.7. The van der Waals surface area contributed by atoms with Crippen molar-refractivity contribution in [2.45, 2.75) is 39.3 Å². The van der Waals surface area contributed by atoms with E-state index in [0.717, 1.165) is 10.6 Å². The van der Waals surface area contributed by atoms with Crippen molar-refractivity contribution in [2.75, 3.05) is 23.7 Å². The largest absolute Gasteiger partial charge is 0.355 e. The molecule has 0 unspecified atom stereocenters. The number of nitrogens with one attached hydrogen (secondary N) is 1. The molecular weight excluding hydrogens is 504 g/mol. The SMILES string of the molecule is CCNC(=O)[C@@H](C)N(Cc1ccc(Cl)c(Cl)c1)C(=O)CCCN(c1ccc(F)cc1)S(C)(=O)=O. The second kappa shape index (κ2) is 12.4. The van der Waals surface area contributed by atoms with Gasteiger partial charge in [0.25, 0.3) is 0 Å². The zero-order valence-corrected chi connectivity index (χ0v) is 21.6. The van der Waals surface area contributed by atoms with Gasteiger partial charge in [-0.1, -0.05) is 29.3 Å². The lowest BCUT2D eigenvalue weighted by atomic mass is 10.1. The highest BCUT2D eigenvalue weighted by Crippen LogP contribution is 2.24. The van der Waals surface area contributed by atoms with Crippen LogP contribution in [-0.2, 0) is 26.2 Å². The molecule has 1 N–H and O–H groups in total. The van der Waals surface area contributed by atoms with Crippen molar-refractivity contribution in [3.63, 3.8) is 0 Å². The lowest BCUT2D eigenvalue weighted by Crippen LogP contribution is -2.47. The van der Waals surface area contributed by atoms with Crippen LogP contribution in [0.25, 0.3) is 0 Å². The number of sulfonamides is 1. The zero-order chi connectivity index (χ0) is 25.5. The van der Waals surface area contributed by atoms with Gasteiger partial charge < -0.3 is 10.2 Å². The van der Waals surface area contributed by atoms with Gasteiger partial charge in [-0.2, -0.15) is 0 Å². The number of benzene rings is 2. The third-order valence-electron chi connectivity index (χ3n) is 5.12. The fourth-order valence-corrected chi connectivity index (χ4v) is 4.64. The van der Waals surface area contributed by atoms with Crippen LogP contribution >= 0.6 is 23.2 Å². The van der Waals surface area contributed by atoms with E-state index in [1.807, 2.05) is 0 Å². The molecule has 0 saturated heterocycles. The number of hydrogen-bond acceptors (Lipinski definition) is 4. The Balaban J connectivity index is 2.17. The van der Waals surface area contributed by atoms with Crippen molar-refractivity contribution in [3.05, 3.63) is 63.9 Å². The molecule has 0 heterocycles. The van der Waals surface area contributed by atoms with Crippen molar-refractivity contribution >= 4 is 50.7 Å². The Labute approximate surface area is 209 Å². The summed E-state index contributed by atoms with van der Waals surface area (Å²) in [6, 6.07) is 9.29. The smallest absolute Gasteiger partial charge is 0.242 e. The molecule has 186 valence electrons. The Morgan fingerprint density at radius 2 is 1.74 bits per heavy atom. The van der Waals surface area contributed by atoms with Crippen LogP contribution in [0.4, 0.5) is 10.1 Å². The van der Waals surface area contributed by atoms with E-state index in [4.69, 9.17) is 23.2 Å². The number of nitrogens with zero attached hydrogens (tertiary/aromatic N) is 2. The van der Waals surface area contributed by atoms with E-state index in [0.29, 0.717) is 27.8 Å². The number of carbonyl (C=O) groups is 2. The molecule has 0 aliphatic carbocycles. The van der Waals surface area contributed by atoms with Gasteiger partial charge in [-0.25, -0.2) is 12.8 Å². The summed E-state index contributed by atoms with van der Waals surface area (Å²) in [5.74, 6) is -1.11. The highest BCUT2D eigenvalue weighted by atomic mass is 35.5. The van der Waals surface area contributed by atoms with Gasteiger partial charge >= 0.3 is 0 Å². The molecule has 0 bridgehead atoms. The minimum Gasteiger partial charge on any atom is -0.355 e. The summed E-state index contributed by atoms with van der Waals surface area (Å²) in [7, 11) is -3.65. The lowest BCUT2D eigenvalue weighted by molar-refractivity contribution is -0.140. The number of hydrogen-bond donors (Lipinski definition) is 1. The Bertz CT molecular complexity index is 1110. The Morgan fingerprint density at radius 3 is 2.29 bits per heavy atom. The number of halogens is 3. The lowest BCUT2D eigenvalue weighted by Gasteiger charge is -2.29.